The molecule has 0 saturated carbocycles. The highest BCUT2D eigenvalue weighted by molar-refractivity contribution is 7.12. The monoisotopic (exact) mass is 502 g/mol. The number of nitrogens with one attached hydrogen (secondary N) is 1. The van der Waals surface area contributed by atoms with Gasteiger partial charge in [-0.3, -0.25) is 4.79 Å². The Hall–Kier alpha value is -3.70. The zero-order valence-corrected chi connectivity index (χ0v) is 19.4. The van der Waals surface area contributed by atoms with Gasteiger partial charge in [-0.05, 0) is 48.7 Å². The van der Waals surface area contributed by atoms with Crippen molar-refractivity contribution in [3.8, 4) is 23.1 Å². The number of thiophene rings is 1. The van der Waals surface area contributed by atoms with Crippen LogP contribution < -0.4 is 10.1 Å². The van der Waals surface area contributed by atoms with E-state index in [0.717, 1.165) is 12.1 Å². The van der Waals surface area contributed by atoms with Gasteiger partial charge in [0.15, 0.2) is 5.82 Å². The van der Waals surface area contributed by atoms with Crippen LogP contribution in [0.5, 0.6) is 6.01 Å². The third-order valence-corrected chi connectivity index (χ3v) is 5.68. The number of ether oxygens (including phenoxy) is 2. The average molecular weight is 503 g/mol. The zero-order valence-electron chi connectivity index (χ0n) is 18.6. The molecule has 2 heterocycles. The Labute approximate surface area is 203 Å². The first-order valence-corrected chi connectivity index (χ1v) is 11.5. The van der Waals surface area contributed by atoms with Crippen LogP contribution in [0, 0.1) is 0 Å². The fraction of sp³-hybridized carbons (Fsp3) is 0.208. The van der Waals surface area contributed by atoms with Crippen molar-refractivity contribution >= 4 is 22.9 Å². The van der Waals surface area contributed by atoms with Gasteiger partial charge in [-0.2, -0.15) is 18.2 Å². The van der Waals surface area contributed by atoms with Gasteiger partial charge in [-0.1, -0.05) is 24.3 Å². The number of amides is 1. The first kappa shape index (κ1) is 24.4. The lowest BCUT2D eigenvalue weighted by Gasteiger charge is -2.10. The molecule has 4 aromatic rings. The minimum atomic E-state index is -4.45. The number of carbonyl (C=O) groups is 1. The maximum absolute atomic E-state index is 13.0. The van der Waals surface area contributed by atoms with E-state index in [4.69, 9.17) is 9.47 Å². The molecule has 4 rings (SSSR count). The number of alkyl halides is 3. The van der Waals surface area contributed by atoms with Crippen molar-refractivity contribution in [1.82, 2.24) is 14.8 Å². The normalized spacial score (nSPS) is 11.4. The van der Waals surface area contributed by atoms with Gasteiger partial charge in [0.05, 0.1) is 22.7 Å². The van der Waals surface area contributed by atoms with E-state index in [1.54, 1.807) is 36.4 Å². The highest BCUT2D eigenvalue weighted by atomic mass is 32.1. The highest BCUT2D eigenvalue weighted by Gasteiger charge is 2.30. The van der Waals surface area contributed by atoms with E-state index in [1.807, 2.05) is 12.3 Å². The maximum Gasteiger partial charge on any atom is 0.416 e. The molecule has 7 nitrogen and oxygen atoms in total. The molecule has 2 aromatic heterocycles. The van der Waals surface area contributed by atoms with Crippen LogP contribution >= 0.6 is 11.3 Å². The van der Waals surface area contributed by atoms with Crippen molar-refractivity contribution in [1.29, 1.82) is 0 Å². The summed E-state index contributed by atoms with van der Waals surface area (Å²) in [5, 5.41) is 9.03. The minimum absolute atomic E-state index is 0.0487. The van der Waals surface area contributed by atoms with Crippen LogP contribution in [0.15, 0.2) is 66.0 Å². The van der Waals surface area contributed by atoms with Gasteiger partial charge in [0.2, 0.25) is 0 Å². The van der Waals surface area contributed by atoms with E-state index >= 15 is 0 Å². The molecule has 2 aromatic carbocycles. The molecule has 0 aliphatic carbocycles. The Kier molecular flexibility index (Phi) is 7.47. The molecule has 0 aliphatic heterocycles. The second kappa shape index (κ2) is 10.7. The first-order chi connectivity index (χ1) is 16.8. The fourth-order valence-corrected chi connectivity index (χ4v) is 3.80. The number of nitrogens with zero attached hydrogens (tertiary/aromatic N) is 3. The third kappa shape index (κ3) is 6.06. The Balaban J connectivity index is 1.66. The van der Waals surface area contributed by atoms with Gasteiger partial charge in [-0.15, -0.1) is 16.4 Å². The van der Waals surface area contributed by atoms with Crippen LogP contribution in [-0.4, -0.2) is 40.5 Å². The van der Waals surface area contributed by atoms with Gasteiger partial charge in [0.25, 0.3) is 5.91 Å². The highest BCUT2D eigenvalue weighted by Crippen LogP contribution is 2.32. The summed E-state index contributed by atoms with van der Waals surface area (Å²) in [6.07, 6.45) is -4.45. The van der Waals surface area contributed by atoms with Crippen molar-refractivity contribution in [2.24, 2.45) is 0 Å². The first-order valence-electron chi connectivity index (χ1n) is 10.7. The number of halogens is 3. The number of anilines is 1. The SMILES string of the molecule is CCOCCOc1nc(-c2ccc(C(F)(F)F)cc2)n(-c2cccc(NC(=O)c3cccs3)c2)n1. The van der Waals surface area contributed by atoms with Crippen molar-refractivity contribution < 1.29 is 27.4 Å². The molecule has 0 spiro atoms. The molecule has 0 atom stereocenters. The summed E-state index contributed by atoms with van der Waals surface area (Å²) in [7, 11) is 0. The topological polar surface area (TPSA) is 78.3 Å². The number of benzene rings is 2. The molecule has 1 amide bonds. The second-order valence-corrected chi connectivity index (χ2v) is 8.18. The molecule has 1 N–H and O–H groups in total. The molecule has 182 valence electrons. The molecule has 0 aliphatic rings. The molecule has 35 heavy (non-hydrogen) atoms. The van der Waals surface area contributed by atoms with Crippen LogP contribution in [0.2, 0.25) is 0 Å². The molecule has 11 heteroatoms. The molecule has 0 saturated heterocycles. The smallest absolute Gasteiger partial charge is 0.416 e. The fourth-order valence-electron chi connectivity index (χ4n) is 3.18. The van der Waals surface area contributed by atoms with Gasteiger partial charge >= 0.3 is 12.2 Å². The molecular formula is C24H21F3N4O3S. The number of aromatic nitrogens is 3. The van der Waals surface area contributed by atoms with Crippen LogP contribution in [0.3, 0.4) is 0 Å². The average Bonchev–Trinajstić information content (AvgIpc) is 3.52. The Bertz CT molecular complexity index is 1270. The molecular weight excluding hydrogens is 481 g/mol. The van der Waals surface area contributed by atoms with Gasteiger partial charge in [-0.25, -0.2) is 4.68 Å². The van der Waals surface area contributed by atoms with Crippen molar-refractivity contribution in [3.05, 3.63) is 76.5 Å². The van der Waals surface area contributed by atoms with Crippen molar-refractivity contribution in [3.63, 3.8) is 0 Å². The number of hydrogen-bond acceptors (Lipinski definition) is 6. The lowest BCUT2D eigenvalue weighted by Crippen LogP contribution is -2.10. The van der Waals surface area contributed by atoms with Crippen LogP contribution in [0.25, 0.3) is 17.1 Å². The molecule has 0 fully saturated rings. The number of carbonyl (C=O) groups excluding carboxylic acids is 1. The summed E-state index contributed by atoms with van der Waals surface area (Å²) >= 11 is 1.32. The Morgan fingerprint density at radius 2 is 1.89 bits per heavy atom. The minimum Gasteiger partial charge on any atom is -0.460 e. The predicted octanol–water partition coefficient (Wildman–Crippen LogP) is 5.68. The summed E-state index contributed by atoms with van der Waals surface area (Å²) in [5.74, 6) is 0.0329. The molecule has 0 unspecified atom stereocenters. The van der Waals surface area contributed by atoms with E-state index in [-0.39, 0.29) is 24.3 Å². The Morgan fingerprint density at radius 3 is 2.57 bits per heavy atom. The summed E-state index contributed by atoms with van der Waals surface area (Å²) in [5.41, 5.74) is 0.710. The summed E-state index contributed by atoms with van der Waals surface area (Å²) < 4.78 is 51.4. The summed E-state index contributed by atoms with van der Waals surface area (Å²) in [6.45, 7) is 2.94. The zero-order chi connectivity index (χ0) is 24.8. The van der Waals surface area contributed by atoms with Crippen LogP contribution in [-0.2, 0) is 10.9 Å². The van der Waals surface area contributed by atoms with E-state index in [1.165, 1.54) is 28.2 Å². The van der Waals surface area contributed by atoms with Crippen LogP contribution in [0.4, 0.5) is 18.9 Å². The Morgan fingerprint density at radius 1 is 1.09 bits per heavy atom. The largest absolute Gasteiger partial charge is 0.460 e. The molecule has 0 bridgehead atoms. The maximum atomic E-state index is 13.0. The second-order valence-electron chi connectivity index (χ2n) is 7.23. The van der Waals surface area contributed by atoms with E-state index in [9.17, 15) is 18.0 Å². The standard InChI is InChI=1S/C24H21F3N4O3S/c1-2-33-12-13-34-23-29-21(16-8-10-17(11-9-16)24(25,26)27)31(30-23)19-6-3-5-18(15-19)28-22(32)20-7-4-14-35-20/h3-11,14-15H,2,12-13H2,1H3,(H,28,32). The number of hydrogen-bond donors (Lipinski definition) is 1. The van der Waals surface area contributed by atoms with E-state index in [0.29, 0.717) is 35.0 Å². The number of rotatable bonds is 9. The lowest BCUT2D eigenvalue weighted by atomic mass is 10.1. The lowest BCUT2D eigenvalue weighted by molar-refractivity contribution is -0.137. The third-order valence-electron chi connectivity index (χ3n) is 4.81. The van der Waals surface area contributed by atoms with E-state index < -0.39 is 11.7 Å². The van der Waals surface area contributed by atoms with Crippen LogP contribution in [0.1, 0.15) is 22.2 Å². The predicted molar refractivity (Wildman–Crippen MR) is 126 cm³/mol. The van der Waals surface area contributed by atoms with Gasteiger partial charge in [0.1, 0.15) is 6.61 Å². The van der Waals surface area contributed by atoms with Gasteiger partial charge in [0, 0.05) is 17.9 Å². The van der Waals surface area contributed by atoms with Crippen molar-refractivity contribution in [2.45, 2.75) is 13.1 Å². The van der Waals surface area contributed by atoms with Crippen molar-refractivity contribution in [2.75, 3.05) is 25.1 Å². The van der Waals surface area contributed by atoms with E-state index in [2.05, 4.69) is 15.4 Å². The molecule has 0 radical (unpaired) electrons. The summed E-state index contributed by atoms with van der Waals surface area (Å²) in [6, 6.07) is 15.1. The van der Waals surface area contributed by atoms with Gasteiger partial charge < -0.3 is 14.8 Å². The quantitative estimate of drug-likeness (QED) is 0.298. The summed E-state index contributed by atoms with van der Waals surface area (Å²) in [4.78, 5) is 17.4.